The number of aromatic nitrogens is 3. The molecular weight excluding hydrogens is 300 g/mol. The number of hydrogen-bond donors (Lipinski definition) is 0. The van der Waals surface area contributed by atoms with Crippen molar-refractivity contribution in [2.75, 3.05) is 6.61 Å². The summed E-state index contributed by atoms with van der Waals surface area (Å²) in [5.74, 6) is 0.366. The second-order valence-electron chi connectivity index (χ2n) is 4.27. The van der Waals surface area contributed by atoms with E-state index >= 15 is 0 Å². The Labute approximate surface area is 123 Å². The second kappa shape index (κ2) is 5.65. The van der Waals surface area contributed by atoms with Crippen molar-refractivity contribution in [3.8, 4) is 16.9 Å². The number of hydrogen-bond acceptors (Lipinski definition) is 3. The van der Waals surface area contributed by atoms with Crippen LogP contribution >= 0.6 is 11.6 Å². The second-order valence-corrected chi connectivity index (χ2v) is 4.61. The van der Waals surface area contributed by atoms with Crippen LogP contribution in [0.4, 0.5) is 8.78 Å². The van der Waals surface area contributed by atoms with Crippen LogP contribution in [0.25, 0.3) is 16.8 Å². The fraction of sp³-hybridized carbons (Fsp3) is 0.143. The van der Waals surface area contributed by atoms with Crippen molar-refractivity contribution in [2.24, 2.45) is 0 Å². The highest BCUT2D eigenvalue weighted by Crippen LogP contribution is 2.32. The minimum Gasteiger partial charge on any atom is -0.487 e. The molecule has 3 rings (SSSR count). The van der Waals surface area contributed by atoms with Gasteiger partial charge in [0.25, 0.3) is 6.43 Å². The van der Waals surface area contributed by atoms with Crippen molar-refractivity contribution in [1.82, 2.24) is 14.6 Å². The maximum absolute atomic E-state index is 12.3. The van der Waals surface area contributed by atoms with Crippen LogP contribution in [-0.2, 0) is 0 Å². The lowest BCUT2D eigenvalue weighted by Crippen LogP contribution is -2.07. The molecule has 0 saturated heterocycles. The third-order valence-electron chi connectivity index (χ3n) is 2.88. The van der Waals surface area contributed by atoms with E-state index in [-0.39, 0.29) is 5.28 Å². The molecule has 7 heteroatoms. The van der Waals surface area contributed by atoms with Gasteiger partial charge in [-0.05, 0) is 29.8 Å². The number of fused-ring (bicyclic) bond motifs is 1. The molecule has 0 bridgehead atoms. The van der Waals surface area contributed by atoms with Gasteiger partial charge < -0.3 is 4.74 Å². The first-order valence-corrected chi connectivity index (χ1v) is 6.54. The van der Waals surface area contributed by atoms with Gasteiger partial charge in [0.05, 0.1) is 0 Å². The molecule has 0 aliphatic carbocycles. The van der Waals surface area contributed by atoms with Gasteiger partial charge in [-0.1, -0.05) is 18.2 Å². The van der Waals surface area contributed by atoms with Gasteiger partial charge >= 0.3 is 0 Å². The summed E-state index contributed by atoms with van der Waals surface area (Å²) in [6.07, 6.45) is -0.822. The van der Waals surface area contributed by atoms with E-state index in [0.29, 0.717) is 22.5 Å². The summed E-state index contributed by atoms with van der Waals surface area (Å²) >= 11 is 5.81. The molecule has 0 spiro atoms. The maximum Gasteiger partial charge on any atom is 0.272 e. The van der Waals surface area contributed by atoms with Gasteiger partial charge in [-0.2, -0.15) is 4.98 Å². The van der Waals surface area contributed by atoms with Gasteiger partial charge in [-0.3, -0.25) is 0 Å². The summed E-state index contributed by atoms with van der Waals surface area (Å²) in [7, 11) is 0. The van der Waals surface area contributed by atoms with E-state index in [9.17, 15) is 8.78 Å². The van der Waals surface area contributed by atoms with Gasteiger partial charge in [0, 0.05) is 17.3 Å². The molecule has 0 atom stereocenters. The highest BCUT2D eigenvalue weighted by atomic mass is 35.5. The van der Waals surface area contributed by atoms with Crippen LogP contribution in [0.5, 0.6) is 5.75 Å². The smallest absolute Gasteiger partial charge is 0.272 e. The number of pyridine rings is 1. The monoisotopic (exact) mass is 309 g/mol. The van der Waals surface area contributed by atoms with Gasteiger partial charge in [0.1, 0.15) is 12.4 Å². The average molecular weight is 310 g/mol. The number of rotatable bonds is 4. The predicted octanol–water partition coefficient (Wildman–Crippen LogP) is 3.69. The Hall–Kier alpha value is -2.21. The molecule has 0 fully saturated rings. The Balaban J connectivity index is 2.10. The number of benzene rings is 1. The summed E-state index contributed by atoms with van der Waals surface area (Å²) < 4.78 is 31.4. The van der Waals surface area contributed by atoms with E-state index in [1.54, 1.807) is 36.5 Å². The number of para-hydroxylation sites is 1. The van der Waals surface area contributed by atoms with Crippen molar-refractivity contribution in [3.05, 3.63) is 47.9 Å². The first-order valence-electron chi connectivity index (χ1n) is 6.16. The molecular formula is C14H10ClF2N3O. The molecule has 0 radical (unpaired) electrons. The fourth-order valence-electron chi connectivity index (χ4n) is 2.06. The lowest BCUT2D eigenvalue weighted by atomic mass is 10.1. The molecule has 0 amide bonds. The Morgan fingerprint density at radius 3 is 2.71 bits per heavy atom. The zero-order valence-corrected chi connectivity index (χ0v) is 11.5. The number of halogens is 3. The molecule has 4 nitrogen and oxygen atoms in total. The van der Waals surface area contributed by atoms with Gasteiger partial charge in [0.15, 0.2) is 5.65 Å². The molecule has 0 unspecified atom stereocenters. The summed E-state index contributed by atoms with van der Waals surface area (Å²) in [5.41, 5.74) is 1.91. The Bertz CT molecular complexity index is 776. The molecule has 21 heavy (non-hydrogen) atoms. The summed E-state index contributed by atoms with van der Waals surface area (Å²) in [6, 6.07) is 10.5. The van der Waals surface area contributed by atoms with E-state index in [0.717, 1.165) is 0 Å². The number of ether oxygens (including phenoxy) is 1. The molecule has 2 aromatic heterocycles. The van der Waals surface area contributed by atoms with Gasteiger partial charge in [-0.15, -0.1) is 5.10 Å². The summed E-state index contributed by atoms with van der Waals surface area (Å²) in [5, 5.41) is 4.13. The Morgan fingerprint density at radius 2 is 1.90 bits per heavy atom. The summed E-state index contributed by atoms with van der Waals surface area (Å²) in [6.45, 7) is -0.659. The topological polar surface area (TPSA) is 39.4 Å². The van der Waals surface area contributed by atoms with Crippen LogP contribution in [-0.4, -0.2) is 27.6 Å². The van der Waals surface area contributed by atoms with Crippen LogP contribution in [0.1, 0.15) is 0 Å². The lowest BCUT2D eigenvalue weighted by Gasteiger charge is -2.11. The molecule has 1 aromatic carbocycles. The van der Waals surface area contributed by atoms with E-state index in [1.807, 2.05) is 6.07 Å². The zero-order chi connectivity index (χ0) is 14.8. The molecule has 108 valence electrons. The zero-order valence-electron chi connectivity index (χ0n) is 10.7. The van der Waals surface area contributed by atoms with E-state index in [4.69, 9.17) is 16.3 Å². The van der Waals surface area contributed by atoms with Crippen molar-refractivity contribution in [3.63, 3.8) is 0 Å². The summed E-state index contributed by atoms with van der Waals surface area (Å²) in [4.78, 5) is 4.14. The molecule has 2 heterocycles. The quantitative estimate of drug-likeness (QED) is 0.738. The van der Waals surface area contributed by atoms with Crippen LogP contribution in [0.15, 0.2) is 42.6 Å². The third kappa shape index (κ3) is 2.80. The first kappa shape index (κ1) is 13.8. The molecule has 0 N–H and O–H groups in total. The third-order valence-corrected chi connectivity index (χ3v) is 3.04. The number of alkyl halides is 2. The van der Waals surface area contributed by atoms with Crippen molar-refractivity contribution >= 4 is 17.2 Å². The van der Waals surface area contributed by atoms with Crippen LogP contribution in [0.3, 0.4) is 0 Å². The van der Waals surface area contributed by atoms with E-state index < -0.39 is 13.0 Å². The van der Waals surface area contributed by atoms with Crippen molar-refractivity contribution < 1.29 is 13.5 Å². The highest BCUT2D eigenvalue weighted by molar-refractivity contribution is 6.28. The Kier molecular flexibility index (Phi) is 3.70. The standard InChI is InChI=1S/C14H10ClF2N3O/c15-14-18-13-10(5-3-7-20(13)19-14)9-4-1-2-6-11(9)21-8-12(16)17/h1-7,12H,8H2. The molecule has 3 aromatic rings. The van der Waals surface area contributed by atoms with E-state index in [1.165, 1.54) is 4.52 Å². The van der Waals surface area contributed by atoms with Crippen molar-refractivity contribution in [2.45, 2.75) is 6.43 Å². The largest absolute Gasteiger partial charge is 0.487 e. The normalized spacial score (nSPS) is 11.2. The predicted molar refractivity (Wildman–Crippen MR) is 74.9 cm³/mol. The minimum atomic E-state index is -2.53. The minimum absolute atomic E-state index is 0.119. The highest BCUT2D eigenvalue weighted by Gasteiger charge is 2.13. The SMILES string of the molecule is FC(F)COc1ccccc1-c1cccn2nc(Cl)nc12. The number of nitrogens with zero attached hydrogens (tertiary/aromatic N) is 3. The fourth-order valence-corrected chi connectivity index (χ4v) is 2.22. The lowest BCUT2D eigenvalue weighted by molar-refractivity contribution is 0.0822. The van der Waals surface area contributed by atoms with E-state index in [2.05, 4.69) is 10.1 Å². The molecule has 0 aliphatic heterocycles. The maximum atomic E-state index is 12.3. The molecule has 0 aliphatic rings. The molecule has 0 saturated carbocycles. The average Bonchev–Trinajstić information content (AvgIpc) is 2.85. The van der Waals surface area contributed by atoms with Crippen LogP contribution < -0.4 is 4.74 Å². The van der Waals surface area contributed by atoms with Crippen molar-refractivity contribution in [1.29, 1.82) is 0 Å². The first-order chi connectivity index (χ1) is 10.1. The Morgan fingerprint density at radius 1 is 1.14 bits per heavy atom. The van der Waals surface area contributed by atoms with Gasteiger partial charge in [-0.25, -0.2) is 13.3 Å². The van der Waals surface area contributed by atoms with Crippen LogP contribution in [0.2, 0.25) is 5.28 Å². The van der Waals surface area contributed by atoms with Gasteiger partial charge in [0.2, 0.25) is 5.28 Å². The van der Waals surface area contributed by atoms with Crippen LogP contribution in [0, 0.1) is 0 Å².